The third-order valence-corrected chi connectivity index (χ3v) is 4.43. The van der Waals surface area contributed by atoms with E-state index in [4.69, 9.17) is 0 Å². The fraction of sp³-hybridized carbons (Fsp3) is 0.0909. The lowest BCUT2D eigenvalue weighted by Crippen LogP contribution is -1.83. The quantitative estimate of drug-likeness (QED) is 0.385. The van der Waals surface area contributed by atoms with Gasteiger partial charge in [0.1, 0.15) is 0 Å². The van der Waals surface area contributed by atoms with E-state index in [1.54, 1.807) is 0 Å². The van der Waals surface area contributed by atoms with E-state index in [1.165, 1.54) is 43.8 Å². The molecule has 0 heteroatoms. The first kappa shape index (κ1) is 13.1. The van der Waals surface area contributed by atoms with E-state index >= 15 is 0 Å². The summed E-state index contributed by atoms with van der Waals surface area (Å²) >= 11 is 0. The van der Waals surface area contributed by atoms with Gasteiger partial charge < -0.3 is 0 Å². The molecule has 4 aromatic carbocycles. The molecule has 0 saturated carbocycles. The van der Waals surface area contributed by atoms with Crippen molar-refractivity contribution in [3.63, 3.8) is 0 Å². The average molecular weight is 282 g/mol. The molecule has 0 amide bonds. The third kappa shape index (κ3) is 2.17. The summed E-state index contributed by atoms with van der Waals surface area (Å²) in [6.07, 6.45) is 0. The van der Waals surface area contributed by atoms with Crippen LogP contribution in [0.5, 0.6) is 0 Å². The Labute approximate surface area is 131 Å². The van der Waals surface area contributed by atoms with Gasteiger partial charge in [-0.15, -0.1) is 0 Å². The maximum absolute atomic E-state index is 2.29. The topological polar surface area (TPSA) is 0 Å². The lowest BCUT2D eigenvalue weighted by atomic mass is 9.97. The van der Waals surface area contributed by atoms with Gasteiger partial charge in [-0.2, -0.15) is 0 Å². The Morgan fingerprint density at radius 2 is 1.27 bits per heavy atom. The molecule has 0 unspecified atom stereocenters. The minimum atomic E-state index is 1.28. The van der Waals surface area contributed by atoms with Gasteiger partial charge in [0.25, 0.3) is 0 Å². The Morgan fingerprint density at radius 1 is 0.545 bits per heavy atom. The number of hydrogen-bond acceptors (Lipinski definition) is 0. The van der Waals surface area contributed by atoms with E-state index in [-0.39, 0.29) is 0 Å². The summed E-state index contributed by atoms with van der Waals surface area (Å²) in [5.74, 6) is 0. The molecule has 0 N–H and O–H groups in total. The summed E-state index contributed by atoms with van der Waals surface area (Å²) in [5, 5.41) is 5.25. The molecule has 0 radical (unpaired) electrons. The summed E-state index contributed by atoms with van der Waals surface area (Å²) in [4.78, 5) is 0. The highest BCUT2D eigenvalue weighted by atomic mass is 14.1. The van der Waals surface area contributed by atoms with Gasteiger partial charge in [-0.05, 0) is 64.2 Å². The lowest BCUT2D eigenvalue weighted by molar-refractivity contribution is 1.50. The standard InChI is InChI=1S/C22H18/c1-15-6-7-17-8-9-18(14-21(17)12-15)19-10-11-22-16(2)4-3-5-20(22)13-19/h3-14H,1-2H3. The zero-order valence-electron chi connectivity index (χ0n) is 12.9. The van der Waals surface area contributed by atoms with Crippen molar-refractivity contribution < 1.29 is 0 Å². The Kier molecular flexibility index (Phi) is 2.97. The summed E-state index contributed by atoms with van der Waals surface area (Å²) in [6.45, 7) is 4.31. The summed E-state index contributed by atoms with van der Waals surface area (Å²) in [7, 11) is 0. The van der Waals surface area contributed by atoms with E-state index in [9.17, 15) is 0 Å². The van der Waals surface area contributed by atoms with Gasteiger partial charge in [-0.3, -0.25) is 0 Å². The molecule has 0 aliphatic carbocycles. The zero-order chi connectivity index (χ0) is 15.1. The lowest BCUT2D eigenvalue weighted by Gasteiger charge is -2.08. The first-order chi connectivity index (χ1) is 10.7. The first-order valence-corrected chi connectivity index (χ1v) is 7.71. The second kappa shape index (κ2) is 4.99. The van der Waals surface area contributed by atoms with Crippen LogP contribution >= 0.6 is 0 Å². The fourth-order valence-corrected chi connectivity index (χ4v) is 3.17. The smallest absolute Gasteiger partial charge is 0.0154 e. The van der Waals surface area contributed by atoms with Gasteiger partial charge >= 0.3 is 0 Å². The highest BCUT2D eigenvalue weighted by Crippen LogP contribution is 2.28. The molecule has 0 heterocycles. The molecule has 0 aliphatic heterocycles. The minimum Gasteiger partial charge on any atom is -0.0614 e. The Bertz CT molecular complexity index is 984. The van der Waals surface area contributed by atoms with Crippen LogP contribution < -0.4 is 0 Å². The van der Waals surface area contributed by atoms with Crippen molar-refractivity contribution in [2.24, 2.45) is 0 Å². The van der Waals surface area contributed by atoms with Crippen molar-refractivity contribution in [3.05, 3.63) is 83.9 Å². The molecule has 0 fully saturated rings. The van der Waals surface area contributed by atoms with Gasteiger partial charge in [0.15, 0.2) is 0 Å². The van der Waals surface area contributed by atoms with E-state index < -0.39 is 0 Å². The van der Waals surface area contributed by atoms with Crippen molar-refractivity contribution in [1.29, 1.82) is 0 Å². The second-order valence-electron chi connectivity index (χ2n) is 6.08. The van der Waals surface area contributed by atoms with Crippen molar-refractivity contribution in [2.75, 3.05) is 0 Å². The molecule has 0 nitrogen and oxygen atoms in total. The van der Waals surface area contributed by atoms with Crippen LogP contribution in [0.25, 0.3) is 32.7 Å². The molecular formula is C22H18. The summed E-state index contributed by atoms with van der Waals surface area (Å²) in [6, 6.07) is 26.6. The van der Waals surface area contributed by atoms with Crippen LogP contribution in [-0.2, 0) is 0 Å². The molecule has 4 aromatic rings. The average Bonchev–Trinajstić information content (AvgIpc) is 2.54. The molecular weight excluding hydrogens is 264 g/mol. The Balaban J connectivity index is 1.90. The second-order valence-corrected chi connectivity index (χ2v) is 6.08. The third-order valence-electron chi connectivity index (χ3n) is 4.43. The monoisotopic (exact) mass is 282 g/mol. The highest BCUT2D eigenvalue weighted by Gasteiger charge is 2.03. The molecule has 22 heavy (non-hydrogen) atoms. The highest BCUT2D eigenvalue weighted by molar-refractivity contribution is 5.92. The molecule has 0 bridgehead atoms. The number of aryl methyl sites for hydroxylation is 2. The van der Waals surface area contributed by atoms with E-state index in [2.05, 4.69) is 86.6 Å². The van der Waals surface area contributed by atoms with Gasteiger partial charge in [-0.25, -0.2) is 0 Å². The van der Waals surface area contributed by atoms with Crippen molar-refractivity contribution >= 4 is 21.5 Å². The maximum atomic E-state index is 2.29. The van der Waals surface area contributed by atoms with Crippen molar-refractivity contribution in [1.82, 2.24) is 0 Å². The van der Waals surface area contributed by atoms with Crippen LogP contribution in [0.4, 0.5) is 0 Å². The minimum absolute atomic E-state index is 1.28. The molecule has 0 aromatic heterocycles. The van der Waals surface area contributed by atoms with Gasteiger partial charge in [-0.1, -0.05) is 66.2 Å². The molecule has 0 spiro atoms. The normalized spacial score (nSPS) is 11.2. The van der Waals surface area contributed by atoms with Crippen LogP contribution in [0, 0.1) is 13.8 Å². The van der Waals surface area contributed by atoms with Crippen molar-refractivity contribution in [3.8, 4) is 11.1 Å². The van der Waals surface area contributed by atoms with Gasteiger partial charge in [0, 0.05) is 0 Å². The molecule has 0 atom stereocenters. The predicted octanol–water partition coefficient (Wildman–Crippen LogP) is 6.28. The SMILES string of the molecule is Cc1ccc2ccc(-c3ccc4c(C)cccc4c3)cc2c1. The van der Waals surface area contributed by atoms with Crippen LogP contribution in [0.3, 0.4) is 0 Å². The predicted molar refractivity (Wildman–Crippen MR) is 96.4 cm³/mol. The maximum Gasteiger partial charge on any atom is -0.0154 e. The number of benzene rings is 4. The Morgan fingerprint density at radius 3 is 2.14 bits per heavy atom. The van der Waals surface area contributed by atoms with Crippen LogP contribution in [-0.4, -0.2) is 0 Å². The number of fused-ring (bicyclic) bond motifs is 2. The fourth-order valence-electron chi connectivity index (χ4n) is 3.17. The zero-order valence-corrected chi connectivity index (χ0v) is 12.9. The van der Waals surface area contributed by atoms with Gasteiger partial charge in [0.05, 0.1) is 0 Å². The van der Waals surface area contributed by atoms with Gasteiger partial charge in [0.2, 0.25) is 0 Å². The molecule has 4 rings (SSSR count). The molecule has 106 valence electrons. The molecule has 0 saturated heterocycles. The van der Waals surface area contributed by atoms with Crippen molar-refractivity contribution in [2.45, 2.75) is 13.8 Å². The van der Waals surface area contributed by atoms with E-state index in [1.807, 2.05) is 0 Å². The summed E-state index contributed by atoms with van der Waals surface area (Å²) < 4.78 is 0. The number of hydrogen-bond donors (Lipinski definition) is 0. The Hall–Kier alpha value is -2.60. The van der Waals surface area contributed by atoms with E-state index in [0.717, 1.165) is 0 Å². The molecule has 0 aliphatic rings. The van der Waals surface area contributed by atoms with Crippen LogP contribution in [0.1, 0.15) is 11.1 Å². The van der Waals surface area contributed by atoms with Crippen LogP contribution in [0.15, 0.2) is 72.8 Å². The summed E-state index contributed by atoms with van der Waals surface area (Å²) in [5.41, 5.74) is 5.19. The number of rotatable bonds is 1. The van der Waals surface area contributed by atoms with E-state index in [0.29, 0.717) is 0 Å². The van der Waals surface area contributed by atoms with Crippen LogP contribution in [0.2, 0.25) is 0 Å². The first-order valence-electron chi connectivity index (χ1n) is 7.71. The largest absolute Gasteiger partial charge is 0.0614 e.